The van der Waals surface area contributed by atoms with E-state index in [0.717, 1.165) is 32.0 Å². The molecule has 0 saturated carbocycles. The molecule has 0 spiro atoms. The number of hydrogen-bond donors (Lipinski definition) is 1. The molecule has 0 bridgehead atoms. The fourth-order valence-electron chi connectivity index (χ4n) is 2.50. The summed E-state index contributed by atoms with van der Waals surface area (Å²) in [6.07, 6.45) is 1.98. The lowest BCUT2D eigenvalue weighted by Gasteiger charge is -2.22. The van der Waals surface area contributed by atoms with Gasteiger partial charge in [-0.05, 0) is 25.0 Å². The minimum absolute atomic E-state index is 0.0523. The van der Waals surface area contributed by atoms with Gasteiger partial charge >= 0.3 is 0 Å². The summed E-state index contributed by atoms with van der Waals surface area (Å²) < 4.78 is 0. The Bertz CT molecular complexity index is 611. The molecule has 0 unspecified atom stereocenters. The number of amides is 2. The molecular formula is C14H18N4O4. The average Bonchev–Trinajstić information content (AvgIpc) is 3.00. The van der Waals surface area contributed by atoms with E-state index in [1.807, 2.05) is 0 Å². The number of carbonyl (C=O) groups is 2. The van der Waals surface area contributed by atoms with Crippen LogP contribution in [0.3, 0.4) is 0 Å². The van der Waals surface area contributed by atoms with E-state index in [4.69, 9.17) is 5.73 Å². The highest BCUT2D eigenvalue weighted by molar-refractivity contribution is 5.94. The predicted octanol–water partition coefficient (Wildman–Crippen LogP) is 0.752. The van der Waals surface area contributed by atoms with Gasteiger partial charge in [0.1, 0.15) is 5.69 Å². The third-order valence-corrected chi connectivity index (χ3v) is 3.70. The van der Waals surface area contributed by atoms with Crippen LogP contribution < -0.4 is 10.6 Å². The largest absolute Gasteiger partial charge is 0.366 e. The second kappa shape index (κ2) is 6.42. The summed E-state index contributed by atoms with van der Waals surface area (Å²) in [4.78, 5) is 37.1. The maximum absolute atomic E-state index is 12.1. The number of rotatable bonds is 5. The van der Waals surface area contributed by atoms with Gasteiger partial charge in [-0.25, -0.2) is 0 Å². The van der Waals surface area contributed by atoms with Gasteiger partial charge in [0.2, 0.25) is 11.8 Å². The SMILES string of the molecule is CN(CC(=O)N1CCCC1)c1ccc(C(N)=O)cc1[N+](=O)[O-]. The van der Waals surface area contributed by atoms with Gasteiger partial charge in [0.15, 0.2) is 0 Å². The Balaban J connectivity index is 2.20. The molecule has 0 aromatic heterocycles. The number of anilines is 1. The number of hydrogen-bond acceptors (Lipinski definition) is 5. The molecule has 1 fully saturated rings. The highest BCUT2D eigenvalue weighted by Crippen LogP contribution is 2.28. The molecule has 8 heteroatoms. The van der Waals surface area contributed by atoms with Crippen molar-refractivity contribution in [2.75, 3.05) is 31.6 Å². The van der Waals surface area contributed by atoms with Crippen molar-refractivity contribution >= 4 is 23.2 Å². The molecule has 1 heterocycles. The lowest BCUT2D eigenvalue weighted by atomic mass is 10.1. The number of likely N-dealkylation sites (tertiary alicyclic amines) is 1. The van der Waals surface area contributed by atoms with Crippen LogP contribution in [-0.4, -0.2) is 48.3 Å². The number of likely N-dealkylation sites (N-methyl/N-ethyl adjacent to an activating group) is 1. The summed E-state index contributed by atoms with van der Waals surface area (Å²) in [7, 11) is 1.61. The molecule has 0 atom stereocenters. The lowest BCUT2D eigenvalue weighted by molar-refractivity contribution is -0.384. The van der Waals surface area contributed by atoms with Gasteiger partial charge < -0.3 is 15.5 Å². The van der Waals surface area contributed by atoms with Crippen LogP contribution in [0, 0.1) is 10.1 Å². The fourth-order valence-corrected chi connectivity index (χ4v) is 2.50. The molecule has 2 rings (SSSR count). The number of benzene rings is 1. The van der Waals surface area contributed by atoms with Crippen molar-refractivity contribution in [3.63, 3.8) is 0 Å². The molecule has 1 aromatic rings. The van der Waals surface area contributed by atoms with Crippen molar-refractivity contribution in [1.29, 1.82) is 0 Å². The van der Waals surface area contributed by atoms with Gasteiger partial charge in [-0.2, -0.15) is 0 Å². The monoisotopic (exact) mass is 306 g/mol. The minimum atomic E-state index is -0.731. The zero-order chi connectivity index (χ0) is 16.3. The van der Waals surface area contributed by atoms with Gasteiger partial charge in [-0.3, -0.25) is 19.7 Å². The summed E-state index contributed by atoms with van der Waals surface area (Å²) in [5.74, 6) is -0.793. The van der Waals surface area contributed by atoms with Gasteiger partial charge in [-0.15, -0.1) is 0 Å². The van der Waals surface area contributed by atoms with Crippen LogP contribution in [0.2, 0.25) is 0 Å². The normalized spacial score (nSPS) is 14.0. The van der Waals surface area contributed by atoms with Crippen LogP contribution in [0.15, 0.2) is 18.2 Å². The first-order chi connectivity index (χ1) is 10.4. The quantitative estimate of drug-likeness (QED) is 0.637. The summed E-state index contributed by atoms with van der Waals surface area (Å²) in [6.45, 7) is 1.52. The van der Waals surface area contributed by atoms with E-state index in [-0.39, 0.29) is 29.4 Å². The Morgan fingerprint density at radius 3 is 2.55 bits per heavy atom. The van der Waals surface area contributed by atoms with E-state index in [2.05, 4.69) is 0 Å². The highest BCUT2D eigenvalue weighted by Gasteiger charge is 2.23. The second-order valence-corrected chi connectivity index (χ2v) is 5.27. The standard InChI is InChI=1S/C14H18N4O4/c1-16(9-13(19)17-6-2-3-7-17)11-5-4-10(14(15)20)8-12(11)18(21)22/h4-5,8H,2-3,6-7,9H2,1H3,(H2,15,20). The predicted molar refractivity (Wildman–Crippen MR) is 80.7 cm³/mol. The number of nitrogens with two attached hydrogens (primary N) is 1. The smallest absolute Gasteiger partial charge is 0.293 e. The molecule has 1 aliphatic rings. The Morgan fingerprint density at radius 2 is 2.00 bits per heavy atom. The summed E-state index contributed by atoms with van der Waals surface area (Å²) in [5.41, 5.74) is 5.24. The van der Waals surface area contributed by atoms with Crippen LogP contribution in [0.1, 0.15) is 23.2 Å². The van der Waals surface area contributed by atoms with Crippen LogP contribution in [-0.2, 0) is 4.79 Å². The molecule has 1 saturated heterocycles. The average molecular weight is 306 g/mol. The fraction of sp³-hybridized carbons (Fsp3) is 0.429. The number of nitrogens with zero attached hydrogens (tertiary/aromatic N) is 3. The van der Waals surface area contributed by atoms with Crippen LogP contribution in [0.4, 0.5) is 11.4 Å². The molecular weight excluding hydrogens is 288 g/mol. The molecule has 2 amide bonds. The number of nitro benzene ring substituents is 1. The Morgan fingerprint density at radius 1 is 1.36 bits per heavy atom. The first kappa shape index (κ1) is 15.7. The minimum Gasteiger partial charge on any atom is -0.366 e. The van der Waals surface area contributed by atoms with Gasteiger partial charge in [0.25, 0.3) is 5.69 Å². The van der Waals surface area contributed by atoms with Crippen molar-refractivity contribution < 1.29 is 14.5 Å². The van der Waals surface area contributed by atoms with E-state index in [0.29, 0.717) is 0 Å². The Labute approximate surface area is 127 Å². The van der Waals surface area contributed by atoms with Crippen molar-refractivity contribution in [3.8, 4) is 0 Å². The first-order valence-corrected chi connectivity index (χ1v) is 6.97. The lowest BCUT2D eigenvalue weighted by Crippen LogP contribution is -2.37. The molecule has 0 aliphatic carbocycles. The van der Waals surface area contributed by atoms with E-state index in [1.165, 1.54) is 17.0 Å². The Kier molecular flexibility index (Phi) is 4.59. The molecule has 8 nitrogen and oxygen atoms in total. The van der Waals surface area contributed by atoms with Crippen molar-refractivity contribution in [3.05, 3.63) is 33.9 Å². The Hall–Kier alpha value is -2.64. The van der Waals surface area contributed by atoms with E-state index < -0.39 is 10.8 Å². The topological polar surface area (TPSA) is 110 Å². The third-order valence-electron chi connectivity index (χ3n) is 3.70. The zero-order valence-corrected chi connectivity index (χ0v) is 12.3. The number of nitro groups is 1. The first-order valence-electron chi connectivity index (χ1n) is 6.97. The second-order valence-electron chi connectivity index (χ2n) is 5.27. The van der Waals surface area contributed by atoms with Gasteiger partial charge in [0, 0.05) is 31.8 Å². The summed E-state index contributed by atoms with van der Waals surface area (Å²) >= 11 is 0. The molecule has 1 aromatic carbocycles. The highest BCUT2D eigenvalue weighted by atomic mass is 16.6. The third kappa shape index (κ3) is 3.33. The van der Waals surface area contributed by atoms with Crippen molar-refractivity contribution in [2.24, 2.45) is 5.73 Å². The van der Waals surface area contributed by atoms with Crippen molar-refractivity contribution in [2.45, 2.75) is 12.8 Å². The number of primary amides is 1. The maximum Gasteiger partial charge on any atom is 0.293 e. The molecule has 0 radical (unpaired) electrons. The number of carbonyl (C=O) groups excluding carboxylic acids is 2. The van der Waals surface area contributed by atoms with Gasteiger partial charge in [-0.1, -0.05) is 0 Å². The zero-order valence-electron chi connectivity index (χ0n) is 12.3. The molecule has 2 N–H and O–H groups in total. The molecule has 1 aliphatic heterocycles. The van der Waals surface area contributed by atoms with E-state index >= 15 is 0 Å². The van der Waals surface area contributed by atoms with E-state index in [9.17, 15) is 19.7 Å². The van der Waals surface area contributed by atoms with Crippen LogP contribution in [0.25, 0.3) is 0 Å². The van der Waals surface area contributed by atoms with Crippen LogP contribution >= 0.6 is 0 Å². The van der Waals surface area contributed by atoms with E-state index in [1.54, 1.807) is 11.9 Å². The van der Waals surface area contributed by atoms with Gasteiger partial charge in [0.05, 0.1) is 11.5 Å². The van der Waals surface area contributed by atoms with Crippen molar-refractivity contribution in [1.82, 2.24) is 4.90 Å². The molecule has 118 valence electrons. The maximum atomic E-state index is 12.1. The summed E-state index contributed by atoms with van der Waals surface area (Å²) in [6, 6.07) is 3.99. The molecule has 22 heavy (non-hydrogen) atoms. The van der Waals surface area contributed by atoms with Crippen LogP contribution in [0.5, 0.6) is 0 Å². The summed E-state index contributed by atoms with van der Waals surface area (Å²) in [5, 5.41) is 11.2.